The standard InChI is InChI=1S/C9H13N3S/c1-7-2-4-8(5-3-7)13-6-9(10)12-11/h2-5H,6,11H2,1H3,(H2,10,12). The van der Waals surface area contributed by atoms with E-state index >= 15 is 0 Å². The molecule has 0 aromatic heterocycles. The van der Waals surface area contributed by atoms with Crippen LogP contribution in [0.3, 0.4) is 0 Å². The lowest BCUT2D eigenvalue weighted by molar-refractivity contribution is 1.22. The molecule has 0 radical (unpaired) electrons. The first-order valence-electron chi connectivity index (χ1n) is 3.94. The van der Waals surface area contributed by atoms with E-state index in [2.05, 4.69) is 36.3 Å². The molecule has 1 aromatic rings. The van der Waals surface area contributed by atoms with Gasteiger partial charge in [0, 0.05) is 4.90 Å². The summed E-state index contributed by atoms with van der Waals surface area (Å²) in [6, 6.07) is 8.25. The molecule has 70 valence electrons. The smallest absolute Gasteiger partial charge is 0.129 e. The molecule has 0 aliphatic rings. The van der Waals surface area contributed by atoms with Crippen molar-refractivity contribution in [1.82, 2.24) is 0 Å². The lowest BCUT2D eigenvalue weighted by Gasteiger charge is -2.00. The number of thioether (sulfide) groups is 1. The zero-order chi connectivity index (χ0) is 9.68. The quantitative estimate of drug-likeness (QED) is 0.251. The van der Waals surface area contributed by atoms with Crippen molar-refractivity contribution < 1.29 is 0 Å². The molecule has 3 nitrogen and oxygen atoms in total. The predicted molar refractivity (Wildman–Crippen MR) is 57.7 cm³/mol. The average Bonchev–Trinajstić information content (AvgIpc) is 2.16. The summed E-state index contributed by atoms with van der Waals surface area (Å²) < 4.78 is 0. The second kappa shape index (κ2) is 4.77. The minimum absolute atomic E-state index is 0.463. The molecule has 0 spiro atoms. The summed E-state index contributed by atoms with van der Waals surface area (Å²) in [4.78, 5) is 1.18. The summed E-state index contributed by atoms with van der Waals surface area (Å²) in [5, 5.41) is 3.39. The highest BCUT2D eigenvalue weighted by Gasteiger charge is 1.95. The molecule has 0 saturated heterocycles. The molecule has 0 bridgehead atoms. The van der Waals surface area contributed by atoms with Gasteiger partial charge in [0.2, 0.25) is 0 Å². The summed E-state index contributed by atoms with van der Waals surface area (Å²) in [6.45, 7) is 2.06. The van der Waals surface area contributed by atoms with Gasteiger partial charge in [0.25, 0.3) is 0 Å². The Balaban J connectivity index is 2.51. The molecule has 0 amide bonds. The van der Waals surface area contributed by atoms with E-state index in [4.69, 9.17) is 11.6 Å². The monoisotopic (exact) mass is 195 g/mol. The Kier molecular flexibility index (Phi) is 3.64. The summed E-state index contributed by atoms with van der Waals surface area (Å²) in [5.74, 6) is 6.11. The van der Waals surface area contributed by atoms with Crippen LogP contribution >= 0.6 is 11.8 Å². The zero-order valence-electron chi connectivity index (χ0n) is 7.53. The number of rotatable bonds is 3. The third-order valence-corrected chi connectivity index (χ3v) is 2.62. The molecule has 13 heavy (non-hydrogen) atoms. The van der Waals surface area contributed by atoms with E-state index in [-0.39, 0.29) is 0 Å². The maximum atomic E-state index is 5.45. The first-order chi connectivity index (χ1) is 6.22. The highest BCUT2D eigenvalue weighted by molar-refractivity contribution is 8.00. The van der Waals surface area contributed by atoms with Crippen LogP contribution in [0.4, 0.5) is 0 Å². The minimum atomic E-state index is 0.463. The Hall–Kier alpha value is -1.16. The van der Waals surface area contributed by atoms with Crippen molar-refractivity contribution in [1.29, 1.82) is 0 Å². The summed E-state index contributed by atoms with van der Waals surface area (Å²) >= 11 is 1.63. The van der Waals surface area contributed by atoms with Gasteiger partial charge in [-0.2, -0.15) is 5.10 Å². The normalized spacial score (nSPS) is 11.6. The van der Waals surface area contributed by atoms with Crippen LogP contribution in [0.15, 0.2) is 34.3 Å². The van der Waals surface area contributed by atoms with Gasteiger partial charge in [-0.1, -0.05) is 17.7 Å². The topological polar surface area (TPSA) is 64.4 Å². The number of hydrogen-bond donors (Lipinski definition) is 2. The second-order valence-electron chi connectivity index (χ2n) is 2.72. The van der Waals surface area contributed by atoms with E-state index in [1.54, 1.807) is 11.8 Å². The number of amidine groups is 1. The molecule has 0 aliphatic carbocycles. The fraction of sp³-hybridized carbons (Fsp3) is 0.222. The Morgan fingerprint density at radius 2 is 2.00 bits per heavy atom. The van der Waals surface area contributed by atoms with Crippen molar-refractivity contribution in [2.24, 2.45) is 16.7 Å². The Morgan fingerprint density at radius 3 is 2.54 bits per heavy atom. The third-order valence-electron chi connectivity index (χ3n) is 1.57. The van der Waals surface area contributed by atoms with Crippen LogP contribution in [0, 0.1) is 6.92 Å². The van der Waals surface area contributed by atoms with Gasteiger partial charge in [-0.15, -0.1) is 11.8 Å². The lowest BCUT2D eigenvalue weighted by Crippen LogP contribution is -2.16. The molecular formula is C9H13N3S. The van der Waals surface area contributed by atoms with Crippen molar-refractivity contribution in [3.8, 4) is 0 Å². The van der Waals surface area contributed by atoms with Crippen LogP contribution in [-0.4, -0.2) is 11.6 Å². The van der Waals surface area contributed by atoms with Crippen LogP contribution in [0.25, 0.3) is 0 Å². The summed E-state index contributed by atoms with van der Waals surface area (Å²) in [6.07, 6.45) is 0. The van der Waals surface area contributed by atoms with Gasteiger partial charge >= 0.3 is 0 Å². The van der Waals surface area contributed by atoms with Crippen LogP contribution in [0.5, 0.6) is 0 Å². The number of hydrogen-bond acceptors (Lipinski definition) is 3. The van der Waals surface area contributed by atoms with Crippen LogP contribution < -0.4 is 11.6 Å². The van der Waals surface area contributed by atoms with E-state index in [0.29, 0.717) is 11.6 Å². The average molecular weight is 195 g/mol. The van der Waals surface area contributed by atoms with Gasteiger partial charge in [0.05, 0.1) is 5.75 Å². The predicted octanol–water partition coefficient (Wildman–Crippen LogP) is 1.32. The highest BCUT2D eigenvalue weighted by Crippen LogP contribution is 2.17. The number of hydrazone groups is 1. The SMILES string of the molecule is Cc1ccc(SCC(N)=NN)cc1. The Bertz CT molecular complexity index is 292. The number of aryl methyl sites for hydroxylation is 1. The van der Waals surface area contributed by atoms with Gasteiger partial charge in [0.1, 0.15) is 5.84 Å². The maximum absolute atomic E-state index is 5.45. The van der Waals surface area contributed by atoms with Crippen molar-refractivity contribution in [3.63, 3.8) is 0 Å². The largest absolute Gasteiger partial charge is 0.385 e. The van der Waals surface area contributed by atoms with E-state index in [9.17, 15) is 0 Å². The lowest BCUT2D eigenvalue weighted by atomic mass is 10.2. The molecule has 0 atom stereocenters. The van der Waals surface area contributed by atoms with Crippen molar-refractivity contribution in [2.45, 2.75) is 11.8 Å². The molecule has 4 N–H and O–H groups in total. The molecule has 1 aromatic carbocycles. The Labute approximate surface area is 82.2 Å². The van der Waals surface area contributed by atoms with Gasteiger partial charge in [-0.05, 0) is 19.1 Å². The number of nitrogens with zero attached hydrogens (tertiary/aromatic N) is 1. The zero-order valence-corrected chi connectivity index (χ0v) is 8.34. The number of benzene rings is 1. The molecule has 0 saturated carbocycles. The van der Waals surface area contributed by atoms with Gasteiger partial charge in [-0.25, -0.2) is 0 Å². The van der Waals surface area contributed by atoms with Crippen molar-refractivity contribution >= 4 is 17.6 Å². The fourth-order valence-corrected chi connectivity index (χ4v) is 1.55. The van der Waals surface area contributed by atoms with E-state index in [0.717, 1.165) is 0 Å². The molecular weight excluding hydrogens is 182 g/mol. The third kappa shape index (κ3) is 3.38. The van der Waals surface area contributed by atoms with Crippen LogP contribution in [0.2, 0.25) is 0 Å². The van der Waals surface area contributed by atoms with Gasteiger partial charge in [0.15, 0.2) is 0 Å². The first-order valence-corrected chi connectivity index (χ1v) is 4.92. The summed E-state index contributed by atoms with van der Waals surface area (Å²) in [7, 11) is 0. The molecule has 0 aliphatic heterocycles. The van der Waals surface area contributed by atoms with Crippen LogP contribution in [0.1, 0.15) is 5.56 Å². The van der Waals surface area contributed by atoms with Crippen molar-refractivity contribution in [3.05, 3.63) is 29.8 Å². The van der Waals surface area contributed by atoms with Gasteiger partial charge < -0.3 is 11.6 Å². The molecule has 1 rings (SSSR count). The van der Waals surface area contributed by atoms with Crippen LogP contribution in [-0.2, 0) is 0 Å². The molecule has 4 heteroatoms. The molecule has 0 fully saturated rings. The Morgan fingerprint density at radius 1 is 1.38 bits per heavy atom. The van der Waals surface area contributed by atoms with E-state index in [1.807, 2.05) is 0 Å². The summed E-state index contributed by atoms with van der Waals surface area (Å²) in [5.41, 5.74) is 6.71. The van der Waals surface area contributed by atoms with Gasteiger partial charge in [-0.3, -0.25) is 0 Å². The van der Waals surface area contributed by atoms with E-state index in [1.165, 1.54) is 10.5 Å². The van der Waals surface area contributed by atoms with Crippen molar-refractivity contribution in [2.75, 3.05) is 5.75 Å². The first kappa shape index (κ1) is 9.92. The maximum Gasteiger partial charge on any atom is 0.129 e. The molecule has 0 heterocycles. The minimum Gasteiger partial charge on any atom is -0.385 e. The second-order valence-corrected chi connectivity index (χ2v) is 3.77. The molecule has 0 unspecified atom stereocenters. The number of nitrogens with two attached hydrogens (primary N) is 2. The fourth-order valence-electron chi connectivity index (χ4n) is 0.829. The highest BCUT2D eigenvalue weighted by atomic mass is 32.2. The van der Waals surface area contributed by atoms with E-state index < -0.39 is 0 Å².